The van der Waals surface area contributed by atoms with Crippen molar-refractivity contribution in [2.24, 2.45) is 5.92 Å². The van der Waals surface area contributed by atoms with Crippen LogP contribution in [0.25, 0.3) is 6.08 Å². The van der Waals surface area contributed by atoms with Crippen molar-refractivity contribution in [1.82, 2.24) is 10.6 Å². The number of methoxy groups -OCH3 is 1. The number of hydrogen-bond acceptors (Lipinski definition) is 5. The van der Waals surface area contributed by atoms with Gasteiger partial charge in [0.1, 0.15) is 11.8 Å². The molecule has 2 N–H and O–H groups in total. The summed E-state index contributed by atoms with van der Waals surface area (Å²) in [6, 6.07) is 6.56. The van der Waals surface area contributed by atoms with E-state index >= 15 is 0 Å². The summed E-state index contributed by atoms with van der Waals surface area (Å²) >= 11 is 0. The van der Waals surface area contributed by atoms with Gasteiger partial charge in [0, 0.05) is 12.1 Å². The third kappa shape index (κ3) is 7.89. The van der Waals surface area contributed by atoms with Gasteiger partial charge in [-0.25, -0.2) is 4.79 Å². The zero-order chi connectivity index (χ0) is 21.9. The largest absolute Gasteiger partial charge is 0.497 e. The van der Waals surface area contributed by atoms with E-state index in [1.165, 1.54) is 12.5 Å². The lowest BCUT2D eigenvalue weighted by Crippen LogP contribution is -2.46. The first-order valence-corrected chi connectivity index (χ1v) is 10.5. The molecular weight excluding hydrogens is 384 g/mol. The second-order valence-electron chi connectivity index (χ2n) is 7.85. The Balaban J connectivity index is 1.82. The van der Waals surface area contributed by atoms with E-state index in [1.807, 2.05) is 26.0 Å². The van der Waals surface area contributed by atoms with Gasteiger partial charge in [0.2, 0.25) is 5.91 Å². The minimum absolute atomic E-state index is 0.161. The molecule has 1 unspecified atom stereocenters. The summed E-state index contributed by atoms with van der Waals surface area (Å²) in [7, 11) is 1.59. The molecule has 0 radical (unpaired) electrons. The van der Waals surface area contributed by atoms with Crippen LogP contribution in [-0.2, 0) is 19.1 Å². The molecule has 30 heavy (non-hydrogen) atoms. The topological polar surface area (TPSA) is 93.7 Å². The SMILES string of the molecule is COc1ccc(C=CC(=O)NC(C(=O)OCC(=O)NC2CCCCC2)C(C)C)cc1. The van der Waals surface area contributed by atoms with Gasteiger partial charge < -0.3 is 20.1 Å². The van der Waals surface area contributed by atoms with Gasteiger partial charge in [0.15, 0.2) is 6.61 Å². The molecule has 0 aliphatic heterocycles. The molecule has 1 fully saturated rings. The van der Waals surface area contributed by atoms with E-state index in [-0.39, 0.29) is 24.5 Å². The molecule has 0 heterocycles. The fourth-order valence-corrected chi connectivity index (χ4v) is 3.33. The second kappa shape index (κ2) is 12.0. The van der Waals surface area contributed by atoms with Crippen molar-refractivity contribution in [3.05, 3.63) is 35.9 Å². The minimum Gasteiger partial charge on any atom is -0.497 e. The third-order valence-corrected chi connectivity index (χ3v) is 5.08. The Morgan fingerprint density at radius 1 is 1.10 bits per heavy atom. The zero-order valence-electron chi connectivity index (χ0n) is 18.0. The van der Waals surface area contributed by atoms with Crippen LogP contribution in [0.3, 0.4) is 0 Å². The van der Waals surface area contributed by atoms with E-state index in [4.69, 9.17) is 9.47 Å². The maximum absolute atomic E-state index is 12.4. The summed E-state index contributed by atoms with van der Waals surface area (Å²) < 4.78 is 10.3. The second-order valence-corrected chi connectivity index (χ2v) is 7.85. The van der Waals surface area contributed by atoms with Gasteiger partial charge >= 0.3 is 5.97 Å². The van der Waals surface area contributed by atoms with Crippen molar-refractivity contribution in [2.45, 2.75) is 58.0 Å². The van der Waals surface area contributed by atoms with E-state index in [0.717, 1.165) is 37.0 Å². The first kappa shape index (κ1) is 23.4. The van der Waals surface area contributed by atoms with E-state index in [0.29, 0.717) is 0 Å². The Hall–Kier alpha value is -2.83. The maximum atomic E-state index is 12.4. The highest BCUT2D eigenvalue weighted by Crippen LogP contribution is 2.17. The van der Waals surface area contributed by atoms with E-state index < -0.39 is 17.9 Å². The third-order valence-electron chi connectivity index (χ3n) is 5.08. The number of nitrogens with one attached hydrogen (secondary N) is 2. The van der Waals surface area contributed by atoms with Crippen LogP contribution < -0.4 is 15.4 Å². The van der Waals surface area contributed by atoms with Crippen molar-refractivity contribution in [3.8, 4) is 5.75 Å². The number of hydrogen-bond donors (Lipinski definition) is 2. The van der Waals surface area contributed by atoms with Crippen molar-refractivity contribution in [2.75, 3.05) is 13.7 Å². The van der Waals surface area contributed by atoms with Crippen LogP contribution in [0.5, 0.6) is 5.75 Å². The van der Waals surface area contributed by atoms with Crippen molar-refractivity contribution < 1.29 is 23.9 Å². The standard InChI is InChI=1S/C23H32N2O5/c1-16(2)22(23(28)30-15-21(27)24-18-7-5-4-6-8-18)25-20(26)14-11-17-9-12-19(29-3)13-10-17/h9-14,16,18,22H,4-8,15H2,1-3H3,(H,24,27)(H,25,26). The molecule has 7 heteroatoms. The Morgan fingerprint density at radius 3 is 2.37 bits per heavy atom. The van der Waals surface area contributed by atoms with Crippen molar-refractivity contribution in [1.29, 1.82) is 0 Å². The van der Waals surface area contributed by atoms with Crippen LogP contribution in [0.4, 0.5) is 0 Å². The Bertz CT molecular complexity index is 736. The molecule has 7 nitrogen and oxygen atoms in total. The summed E-state index contributed by atoms with van der Waals surface area (Å²) in [5.41, 5.74) is 0.828. The zero-order valence-corrected chi connectivity index (χ0v) is 18.0. The number of carbonyl (C=O) groups excluding carboxylic acids is 3. The van der Waals surface area contributed by atoms with E-state index in [2.05, 4.69) is 10.6 Å². The molecular formula is C23H32N2O5. The molecule has 0 aromatic heterocycles. The lowest BCUT2D eigenvalue weighted by atomic mass is 9.95. The van der Waals surface area contributed by atoms with Gasteiger partial charge in [-0.05, 0) is 42.5 Å². The maximum Gasteiger partial charge on any atom is 0.329 e. The van der Waals surface area contributed by atoms with Crippen LogP contribution in [0.2, 0.25) is 0 Å². The molecule has 1 aromatic rings. The van der Waals surface area contributed by atoms with Crippen LogP contribution in [0.1, 0.15) is 51.5 Å². The Labute approximate surface area is 178 Å². The highest BCUT2D eigenvalue weighted by Gasteiger charge is 2.26. The van der Waals surface area contributed by atoms with Crippen LogP contribution in [0, 0.1) is 5.92 Å². The van der Waals surface area contributed by atoms with Gasteiger partial charge in [-0.3, -0.25) is 9.59 Å². The molecule has 1 aliphatic carbocycles. The molecule has 1 aliphatic rings. The van der Waals surface area contributed by atoms with E-state index in [1.54, 1.807) is 25.3 Å². The van der Waals surface area contributed by atoms with Gasteiger partial charge in [-0.2, -0.15) is 0 Å². The van der Waals surface area contributed by atoms with Crippen LogP contribution in [0.15, 0.2) is 30.3 Å². The van der Waals surface area contributed by atoms with Gasteiger partial charge in [-0.1, -0.05) is 45.2 Å². The number of rotatable bonds is 9. The lowest BCUT2D eigenvalue weighted by Gasteiger charge is -2.23. The molecule has 2 amide bonds. The molecule has 0 saturated heterocycles. The van der Waals surface area contributed by atoms with Crippen LogP contribution >= 0.6 is 0 Å². The monoisotopic (exact) mass is 416 g/mol. The Kier molecular flexibility index (Phi) is 9.38. The first-order chi connectivity index (χ1) is 14.4. The molecule has 1 atom stereocenters. The average Bonchev–Trinajstić information content (AvgIpc) is 2.75. The summed E-state index contributed by atoms with van der Waals surface area (Å²) in [6.07, 6.45) is 8.35. The summed E-state index contributed by atoms with van der Waals surface area (Å²) in [4.78, 5) is 36.7. The molecule has 2 rings (SSSR count). The van der Waals surface area contributed by atoms with Crippen molar-refractivity contribution >= 4 is 23.9 Å². The van der Waals surface area contributed by atoms with Crippen molar-refractivity contribution in [3.63, 3.8) is 0 Å². The van der Waals surface area contributed by atoms with Gasteiger partial charge in [-0.15, -0.1) is 0 Å². The normalized spacial score (nSPS) is 15.6. The number of benzene rings is 1. The highest BCUT2D eigenvalue weighted by molar-refractivity contribution is 5.95. The lowest BCUT2D eigenvalue weighted by molar-refractivity contribution is -0.152. The number of amides is 2. The summed E-state index contributed by atoms with van der Waals surface area (Å²) in [6.45, 7) is 3.28. The van der Waals surface area contributed by atoms with Gasteiger partial charge in [0.25, 0.3) is 5.91 Å². The highest BCUT2D eigenvalue weighted by atomic mass is 16.5. The van der Waals surface area contributed by atoms with E-state index in [9.17, 15) is 14.4 Å². The minimum atomic E-state index is -0.833. The molecule has 0 bridgehead atoms. The first-order valence-electron chi connectivity index (χ1n) is 10.5. The summed E-state index contributed by atoms with van der Waals surface area (Å²) in [5, 5.41) is 5.56. The number of ether oxygens (including phenoxy) is 2. The van der Waals surface area contributed by atoms with Gasteiger partial charge in [0.05, 0.1) is 7.11 Å². The number of carbonyl (C=O) groups is 3. The predicted molar refractivity (Wildman–Crippen MR) is 115 cm³/mol. The summed E-state index contributed by atoms with van der Waals surface area (Å²) in [5.74, 6) is -0.782. The smallest absolute Gasteiger partial charge is 0.329 e. The molecule has 1 aromatic carbocycles. The molecule has 0 spiro atoms. The quantitative estimate of drug-likeness (QED) is 0.477. The van der Waals surface area contributed by atoms with Crippen LogP contribution in [-0.4, -0.2) is 43.6 Å². The average molecular weight is 417 g/mol. The fourth-order valence-electron chi connectivity index (χ4n) is 3.33. The Morgan fingerprint density at radius 2 is 1.77 bits per heavy atom. The molecule has 164 valence electrons. The predicted octanol–water partition coefficient (Wildman–Crippen LogP) is 2.84. The molecule has 1 saturated carbocycles. The number of esters is 1. The fraction of sp³-hybridized carbons (Fsp3) is 0.522.